The zero-order valence-electron chi connectivity index (χ0n) is 8.06. The van der Waals surface area contributed by atoms with Crippen LogP contribution < -0.4 is 5.32 Å². The van der Waals surface area contributed by atoms with Crippen molar-refractivity contribution in [3.05, 3.63) is 46.7 Å². The Bertz CT molecular complexity index is 325. The van der Waals surface area contributed by atoms with Gasteiger partial charge in [0.1, 0.15) is 5.82 Å². The van der Waals surface area contributed by atoms with Crippen molar-refractivity contribution in [1.82, 2.24) is 5.32 Å². The molecule has 14 heavy (non-hydrogen) atoms. The third kappa shape index (κ3) is 3.24. The van der Waals surface area contributed by atoms with Gasteiger partial charge in [-0.15, -0.1) is 6.58 Å². The van der Waals surface area contributed by atoms with E-state index < -0.39 is 0 Å². The van der Waals surface area contributed by atoms with Crippen molar-refractivity contribution < 1.29 is 4.39 Å². The van der Waals surface area contributed by atoms with E-state index in [9.17, 15) is 4.39 Å². The van der Waals surface area contributed by atoms with Gasteiger partial charge in [-0.2, -0.15) is 0 Å². The highest BCUT2D eigenvalue weighted by Gasteiger charge is 2.03. The number of rotatable bonds is 4. The second-order valence-electron chi connectivity index (χ2n) is 3.14. The number of hydrogen-bond acceptors (Lipinski definition) is 1. The van der Waals surface area contributed by atoms with E-state index in [4.69, 9.17) is 0 Å². The summed E-state index contributed by atoms with van der Waals surface area (Å²) >= 11 is 3.21. The summed E-state index contributed by atoms with van der Waals surface area (Å²) in [5.41, 5.74) is 0.668. The molecule has 0 aromatic heterocycles. The lowest BCUT2D eigenvalue weighted by Crippen LogP contribution is -2.23. The van der Waals surface area contributed by atoms with E-state index in [2.05, 4.69) is 27.8 Å². The van der Waals surface area contributed by atoms with Crippen LogP contribution in [-0.2, 0) is 6.54 Å². The van der Waals surface area contributed by atoms with Gasteiger partial charge in [-0.1, -0.05) is 28.1 Å². The third-order valence-corrected chi connectivity index (χ3v) is 2.48. The molecule has 1 aromatic carbocycles. The average molecular weight is 258 g/mol. The van der Waals surface area contributed by atoms with Gasteiger partial charge in [0, 0.05) is 22.6 Å². The van der Waals surface area contributed by atoms with Gasteiger partial charge >= 0.3 is 0 Å². The molecule has 1 unspecified atom stereocenters. The summed E-state index contributed by atoms with van der Waals surface area (Å²) in [6.07, 6.45) is 1.79. The topological polar surface area (TPSA) is 12.0 Å². The van der Waals surface area contributed by atoms with Gasteiger partial charge < -0.3 is 5.32 Å². The molecule has 0 fully saturated rings. The Labute approximate surface area is 92.1 Å². The highest BCUT2D eigenvalue weighted by molar-refractivity contribution is 9.10. The predicted octanol–water partition coefficient (Wildman–Crippen LogP) is 3.25. The lowest BCUT2D eigenvalue weighted by Gasteiger charge is -2.09. The van der Waals surface area contributed by atoms with Crippen molar-refractivity contribution in [3.8, 4) is 0 Å². The molecule has 0 saturated carbocycles. The molecule has 1 aromatic rings. The molecule has 0 aliphatic heterocycles. The maximum atomic E-state index is 13.3. The van der Waals surface area contributed by atoms with E-state index in [1.165, 1.54) is 6.07 Å². The number of nitrogens with one attached hydrogen (secondary N) is 1. The maximum absolute atomic E-state index is 13.3. The molecule has 76 valence electrons. The molecule has 0 spiro atoms. The smallest absolute Gasteiger partial charge is 0.128 e. The second-order valence-corrected chi connectivity index (χ2v) is 4.06. The third-order valence-electron chi connectivity index (χ3n) is 1.98. The summed E-state index contributed by atoms with van der Waals surface area (Å²) in [5, 5.41) is 3.14. The predicted molar refractivity (Wildman–Crippen MR) is 60.6 cm³/mol. The maximum Gasteiger partial charge on any atom is 0.128 e. The molecule has 1 atom stereocenters. The molecule has 0 saturated heterocycles. The van der Waals surface area contributed by atoms with Crippen LogP contribution in [0.25, 0.3) is 0 Å². The minimum Gasteiger partial charge on any atom is -0.307 e. The van der Waals surface area contributed by atoms with Crippen LogP contribution in [0.15, 0.2) is 35.3 Å². The quantitative estimate of drug-likeness (QED) is 0.817. The monoisotopic (exact) mass is 257 g/mol. The normalized spacial score (nSPS) is 12.5. The Kier molecular flexibility index (Phi) is 4.29. The minimum absolute atomic E-state index is 0.192. The fourth-order valence-electron chi connectivity index (χ4n) is 1.02. The van der Waals surface area contributed by atoms with Crippen LogP contribution in [0.1, 0.15) is 12.5 Å². The highest BCUT2D eigenvalue weighted by Crippen LogP contribution is 2.15. The van der Waals surface area contributed by atoms with Crippen LogP contribution in [0.5, 0.6) is 0 Å². The second kappa shape index (κ2) is 5.27. The zero-order valence-corrected chi connectivity index (χ0v) is 9.64. The first-order valence-corrected chi connectivity index (χ1v) is 5.22. The van der Waals surface area contributed by atoms with Crippen molar-refractivity contribution in [1.29, 1.82) is 0 Å². The SMILES string of the molecule is C=CC(C)NCc1ccc(Br)cc1F. The molecule has 0 aliphatic carbocycles. The summed E-state index contributed by atoms with van der Waals surface area (Å²) in [6, 6.07) is 5.26. The standard InChI is InChI=1S/C11H13BrFN/c1-3-8(2)14-7-9-4-5-10(12)6-11(9)13/h3-6,8,14H,1,7H2,2H3. The van der Waals surface area contributed by atoms with Crippen molar-refractivity contribution in [2.75, 3.05) is 0 Å². The number of hydrogen-bond donors (Lipinski definition) is 1. The van der Waals surface area contributed by atoms with Crippen molar-refractivity contribution >= 4 is 15.9 Å². The largest absolute Gasteiger partial charge is 0.307 e. The van der Waals surface area contributed by atoms with Crippen LogP contribution in [0.4, 0.5) is 4.39 Å². The van der Waals surface area contributed by atoms with Crippen LogP contribution in [-0.4, -0.2) is 6.04 Å². The van der Waals surface area contributed by atoms with E-state index in [-0.39, 0.29) is 11.9 Å². The molecule has 0 bridgehead atoms. The van der Waals surface area contributed by atoms with Gasteiger partial charge in [-0.25, -0.2) is 4.39 Å². The Balaban J connectivity index is 2.63. The van der Waals surface area contributed by atoms with Crippen LogP contribution in [0.3, 0.4) is 0 Å². The van der Waals surface area contributed by atoms with E-state index >= 15 is 0 Å². The summed E-state index contributed by atoms with van der Waals surface area (Å²) in [7, 11) is 0. The Morgan fingerprint density at radius 1 is 1.64 bits per heavy atom. The number of halogens is 2. The van der Waals surface area contributed by atoms with Crippen LogP contribution >= 0.6 is 15.9 Å². The fourth-order valence-corrected chi connectivity index (χ4v) is 1.35. The van der Waals surface area contributed by atoms with Gasteiger partial charge in [0.15, 0.2) is 0 Å². The van der Waals surface area contributed by atoms with E-state index in [1.807, 2.05) is 13.0 Å². The molecule has 0 radical (unpaired) electrons. The average Bonchev–Trinajstić information content (AvgIpc) is 2.16. The summed E-state index contributed by atoms with van der Waals surface area (Å²) in [4.78, 5) is 0. The first-order chi connectivity index (χ1) is 6.63. The molecule has 1 N–H and O–H groups in total. The minimum atomic E-state index is -0.192. The molecule has 0 amide bonds. The first kappa shape index (κ1) is 11.4. The molecule has 3 heteroatoms. The fraction of sp³-hybridized carbons (Fsp3) is 0.273. The Morgan fingerprint density at radius 3 is 2.93 bits per heavy atom. The van der Waals surface area contributed by atoms with E-state index in [0.717, 1.165) is 4.47 Å². The van der Waals surface area contributed by atoms with Crippen LogP contribution in [0.2, 0.25) is 0 Å². The van der Waals surface area contributed by atoms with Crippen molar-refractivity contribution in [2.24, 2.45) is 0 Å². The highest BCUT2D eigenvalue weighted by atomic mass is 79.9. The van der Waals surface area contributed by atoms with Crippen LogP contribution in [0, 0.1) is 5.82 Å². The zero-order chi connectivity index (χ0) is 10.6. The Morgan fingerprint density at radius 2 is 2.36 bits per heavy atom. The van der Waals surface area contributed by atoms with Crippen molar-refractivity contribution in [2.45, 2.75) is 19.5 Å². The molecular weight excluding hydrogens is 245 g/mol. The summed E-state index contributed by atoms with van der Waals surface area (Å²) in [6.45, 7) is 6.14. The lowest BCUT2D eigenvalue weighted by atomic mass is 10.2. The van der Waals surface area contributed by atoms with Gasteiger partial charge in [0.25, 0.3) is 0 Å². The number of benzene rings is 1. The van der Waals surface area contributed by atoms with Gasteiger partial charge in [0.05, 0.1) is 0 Å². The van der Waals surface area contributed by atoms with Gasteiger partial charge in [-0.3, -0.25) is 0 Å². The molecule has 1 rings (SSSR count). The molecular formula is C11H13BrFN. The Hall–Kier alpha value is -0.670. The summed E-state index contributed by atoms with van der Waals surface area (Å²) < 4.78 is 14.1. The molecule has 0 aliphatic rings. The lowest BCUT2D eigenvalue weighted by molar-refractivity contribution is 0.573. The van der Waals surface area contributed by atoms with Crippen molar-refractivity contribution in [3.63, 3.8) is 0 Å². The first-order valence-electron chi connectivity index (χ1n) is 4.43. The van der Waals surface area contributed by atoms with Gasteiger partial charge in [0.2, 0.25) is 0 Å². The van der Waals surface area contributed by atoms with E-state index in [0.29, 0.717) is 12.1 Å². The van der Waals surface area contributed by atoms with Gasteiger partial charge in [-0.05, 0) is 19.1 Å². The van der Waals surface area contributed by atoms with E-state index in [1.54, 1.807) is 12.1 Å². The summed E-state index contributed by atoms with van der Waals surface area (Å²) in [5.74, 6) is -0.192. The molecule has 0 heterocycles. The molecule has 1 nitrogen and oxygen atoms in total.